The quantitative estimate of drug-likeness (QED) is 0.880. The molecular weight excluding hydrogens is 338 g/mol. The van der Waals surface area contributed by atoms with Crippen LogP contribution < -0.4 is 20.3 Å². The van der Waals surface area contributed by atoms with Crippen molar-refractivity contribution in [2.75, 3.05) is 25.1 Å². The lowest BCUT2D eigenvalue weighted by molar-refractivity contribution is 0.171. The Hall–Kier alpha value is -2.02. The summed E-state index contributed by atoms with van der Waals surface area (Å²) in [5.74, 6) is 2.11. The summed E-state index contributed by atoms with van der Waals surface area (Å²) in [6.07, 6.45) is 2.16. The number of anilines is 1. The predicted octanol–water partition coefficient (Wildman–Crippen LogP) is 1.96. The van der Waals surface area contributed by atoms with Gasteiger partial charge >= 0.3 is 0 Å². The molecular formula is C14H14BrN3O3. The van der Waals surface area contributed by atoms with E-state index in [1.165, 1.54) is 6.33 Å². The standard InChI is InChI=1S/C14H14BrN3O3/c15-12-13(17-8-18-14(12)19)16-4-3-9-1-2-10-11(7-9)21-6-5-20-10/h1-2,7-8H,3-6H2,(H2,16,17,18,19). The maximum absolute atomic E-state index is 11.4. The highest BCUT2D eigenvalue weighted by Crippen LogP contribution is 2.30. The van der Waals surface area contributed by atoms with Gasteiger partial charge in [-0.25, -0.2) is 4.98 Å². The zero-order valence-corrected chi connectivity index (χ0v) is 12.8. The first-order valence-electron chi connectivity index (χ1n) is 6.59. The lowest BCUT2D eigenvalue weighted by Gasteiger charge is -2.18. The minimum atomic E-state index is -0.202. The van der Waals surface area contributed by atoms with Gasteiger partial charge in [0.2, 0.25) is 0 Å². The Morgan fingerprint density at radius 3 is 2.95 bits per heavy atom. The van der Waals surface area contributed by atoms with Crippen LogP contribution >= 0.6 is 15.9 Å². The fourth-order valence-electron chi connectivity index (χ4n) is 2.07. The molecule has 1 aliphatic heterocycles. The van der Waals surface area contributed by atoms with E-state index in [1.807, 2.05) is 18.2 Å². The number of benzene rings is 1. The smallest absolute Gasteiger partial charge is 0.267 e. The van der Waals surface area contributed by atoms with E-state index in [0.717, 1.165) is 23.5 Å². The maximum atomic E-state index is 11.4. The molecule has 3 rings (SSSR count). The maximum Gasteiger partial charge on any atom is 0.267 e. The molecule has 0 saturated carbocycles. The Morgan fingerprint density at radius 2 is 2.10 bits per heavy atom. The number of halogens is 1. The molecule has 0 bridgehead atoms. The number of nitrogens with zero attached hydrogens (tertiary/aromatic N) is 1. The molecule has 1 aliphatic rings. The molecule has 0 fully saturated rings. The fourth-order valence-corrected chi connectivity index (χ4v) is 2.43. The van der Waals surface area contributed by atoms with Crippen molar-refractivity contribution in [3.63, 3.8) is 0 Å². The van der Waals surface area contributed by atoms with E-state index in [0.29, 0.717) is 30.0 Å². The lowest BCUT2D eigenvalue weighted by atomic mass is 10.1. The van der Waals surface area contributed by atoms with Crippen LogP contribution in [0.4, 0.5) is 5.82 Å². The van der Waals surface area contributed by atoms with Gasteiger partial charge in [0.25, 0.3) is 5.56 Å². The third kappa shape index (κ3) is 3.18. The molecule has 0 spiro atoms. The number of fused-ring (bicyclic) bond motifs is 1. The molecule has 110 valence electrons. The van der Waals surface area contributed by atoms with E-state index < -0.39 is 0 Å². The summed E-state index contributed by atoms with van der Waals surface area (Å²) in [5, 5.41) is 3.13. The van der Waals surface area contributed by atoms with E-state index in [2.05, 4.69) is 31.2 Å². The van der Waals surface area contributed by atoms with Crippen molar-refractivity contribution in [2.24, 2.45) is 0 Å². The zero-order valence-electron chi connectivity index (χ0n) is 11.2. The summed E-state index contributed by atoms with van der Waals surface area (Å²) in [4.78, 5) is 18.0. The minimum absolute atomic E-state index is 0.202. The Kier molecular flexibility index (Phi) is 4.10. The zero-order chi connectivity index (χ0) is 14.7. The number of hydrogen-bond donors (Lipinski definition) is 2. The van der Waals surface area contributed by atoms with Crippen molar-refractivity contribution in [1.29, 1.82) is 0 Å². The topological polar surface area (TPSA) is 76.2 Å². The normalized spacial score (nSPS) is 13.0. The molecule has 0 unspecified atom stereocenters. The summed E-state index contributed by atoms with van der Waals surface area (Å²) in [7, 11) is 0. The average molecular weight is 352 g/mol. The van der Waals surface area contributed by atoms with Gasteiger partial charge < -0.3 is 19.8 Å². The number of aromatic amines is 1. The molecule has 2 heterocycles. The number of rotatable bonds is 4. The number of ether oxygens (including phenoxy) is 2. The number of aromatic nitrogens is 2. The molecule has 0 radical (unpaired) electrons. The molecule has 6 nitrogen and oxygen atoms in total. The number of nitrogens with one attached hydrogen (secondary N) is 2. The van der Waals surface area contributed by atoms with Crippen LogP contribution in [0.1, 0.15) is 5.56 Å². The monoisotopic (exact) mass is 351 g/mol. The highest BCUT2D eigenvalue weighted by atomic mass is 79.9. The number of H-pyrrole nitrogens is 1. The molecule has 0 atom stereocenters. The largest absolute Gasteiger partial charge is 0.486 e. The Morgan fingerprint density at radius 1 is 1.29 bits per heavy atom. The first-order chi connectivity index (χ1) is 10.2. The molecule has 0 aliphatic carbocycles. The highest BCUT2D eigenvalue weighted by Gasteiger charge is 2.11. The summed E-state index contributed by atoms with van der Waals surface area (Å²) in [6.45, 7) is 1.84. The van der Waals surface area contributed by atoms with Crippen LogP contribution in [0.3, 0.4) is 0 Å². The first-order valence-corrected chi connectivity index (χ1v) is 7.39. The van der Waals surface area contributed by atoms with E-state index in [9.17, 15) is 4.79 Å². The molecule has 2 N–H and O–H groups in total. The first kappa shape index (κ1) is 13.9. The molecule has 0 amide bonds. The second kappa shape index (κ2) is 6.17. The summed E-state index contributed by atoms with van der Waals surface area (Å²) in [5.41, 5.74) is 0.930. The van der Waals surface area contributed by atoms with Gasteiger partial charge in [-0.3, -0.25) is 4.79 Å². The van der Waals surface area contributed by atoms with Gasteiger partial charge in [-0.15, -0.1) is 0 Å². The SMILES string of the molecule is O=c1[nH]cnc(NCCc2ccc3c(c2)OCCO3)c1Br. The summed E-state index contributed by atoms with van der Waals surface area (Å²) >= 11 is 3.21. The Balaban J connectivity index is 1.63. The van der Waals surface area contributed by atoms with E-state index in [-0.39, 0.29) is 5.56 Å². The predicted molar refractivity (Wildman–Crippen MR) is 82.2 cm³/mol. The van der Waals surface area contributed by atoms with Gasteiger partial charge in [0, 0.05) is 6.54 Å². The van der Waals surface area contributed by atoms with Crippen molar-refractivity contribution in [3.8, 4) is 11.5 Å². The lowest BCUT2D eigenvalue weighted by Crippen LogP contribution is -2.16. The molecule has 7 heteroatoms. The third-order valence-electron chi connectivity index (χ3n) is 3.11. The second-order valence-electron chi connectivity index (χ2n) is 4.55. The Labute approximate surface area is 129 Å². The average Bonchev–Trinajstić information content (AvgIpc) is 2.51. The summed E-state index contributed by atoms with van der Waals surface area (Å²) in [6, 6.07) is 5.91. The van der Waals surface area contributed by atoms with E-state index in [4.69, 9.17) is 9.47 Å². The minimum Gasteiger partial charge on any atom is -0.486 e. The van der Waals surface area contributed by atoms with Crippen LogP contribution in [0.15, 0.2) is 33.8 Å². The van der Waals surface area contributed by atoms with Crippen LogP contribution in [0.5, 0.6) is 11.5 Å². The molecule has 21 heavy (non-hydrogen) atoms. The van der Waals surface area contributed by atoms with Crippen LogP contribution in [-0.2, 0) is 6.42 Å². The van der Waals surface area contributed by atoms with Crippen LogP contribution in [0.2, 0.25) is 0 Å². The third-order valence-corrected chi connectivity index (χ3v) is 3.84. The van der Waals surface area contributed by atoms with Crippen molar-refractivity contribution >= 4 is 21.7 Å². The van der Waals surface area contributed by atoms with Gasteiger partial charge in [-0.2, -0.15) is 0 Å². The van der Waals surface area contributed by atoms with Gasteiger partial charge in [-0.1, -0.05) is 6.07 Å². The van der Waals surface area contributed by atoms with E-state index >= 15 is 0 Å². The van der Waals surface area contributed by atoms with Gasteiger partial charge in [0.15, 0.2) is 11.5 Å². The number of hydrogen-bond acceptors (Lipinski definition) is 5. The van der Waals surface area contributed by atoms with Crippen molar-refractivity contribution in [3.05, 3.63) is 44.9 Å². The molecule has 1 aromatic carbocycles. The fraction of sp³-hybridized carbons (Fsp3) is 0.286. The summed E-state index contributed by atoms with van der Waals surface area (Å²) < 4.78 is 11.4. The van der Waals surface area contributed by atoms with Gasteiger partial charge in [-0.05, 0) is 40.0 Å². The molecule has 1 aromatic heterocycles. The van der Waals surface area contributed by atoms with Crippen molar-refractivity contribution in [1.82, 2.24) is 9.97 Å². The van der Waals surface area contributed by atoms with Crippen molar-refractivity contribution < 1.29 is 9.47 Å². The molecule has 2 aromatic rings. The second-order valence-corrected chi connectivity index (χ2v) is 5.34. The van der Waals surface area contributed by atoms with Crippen molar-refractivity contribution in [2.45, 2.75) is 6.42 Å². The van der Waals surface area contributed by atoms with Gasteiger partial charge in [0.05, 0.1) is 6.33 Å². The van der Waals surface area contributed by atoms with Crippen LogP contribution in [0, 0.1) is 0 Å². The van der Waals surface area contributed by atoms with Gasteiger partial charge in [0.1, 0.15) is 23.5 Å². The van der Waals surface area contributed by atoms with Crippen LogP contribution in [0.25, 0.3) is 0 Å². The van der Waals surface area contributed by atoms with E-state index in [1.54, 1.807) is 0 Å². The Bertz CT molecular complexity index is 702. The highest BCUT2D eigenvalue weighted by molar-refractivity contribution is 9.10. The van der Waals surface area contributed by atoms with Crippen LogP contribution in [-0.4, -0.2) is 29.7 Å². The molecule has 0 saturated heterocycles.